The number of rotatable bonds is 5. The molecular weight excluding hydrogens is 424 g/mol. The zero-order valence-corrected chi connectivity index (χ0v) is 19.2. The molecule has 0 radical (unpaired) electrons. The lowest BCUT2D eigenvalue weighted by atomic mass is 10.0. The minimum Gasteiger partial charge on any atom is -0.304 e. The van der Waals surface area contributed by atoms with Gasteiger partial charge in [0.15, 0.2) is 11.4 Å². The molecule has 0 spiro atoms. The highest BCUT2D eigenvalue weighted by Gasteiger charge is 2.14. The van der Waals surface area contributed by atoms with Crippen molar-refractivity contribution < 1.29 is 4.79 Å². The van der Waals surface area contributed by atoms with Crippen molar-refractivity contribution >= 4 is 11.4 Å². The van der Waals surface area contributed by atoms with Gasteiger partial charge >= 0.3 is 0 Å². The predicted octanol–water partition coefficient (Wildman–Crippen LogP) is 2.70. The number of hydrogen-bond donors (Lipinski definition) is 0. The third-order valence-corrected chi connectivity index (χ3v) is 6.10. The highest BCUT2D eigenvalue weighted by atomic mass is 16.1. The molecule has 0 unspecified atom stereocenters. The fourth-order valence-electron chi connectivity index (χ4n) is 4.06. The maximum atomic E-state index is 12.9. The first-order chi connectivity index (χ1) is 16.6. The van der Waals surface area contributed by atoms with Crippen LogP contribution in [0.5, 0.6) is 0 Å². The van der Waals surface area contributed by atoms with E-state index < -0.39 is 0 Å². The van der Waals surface area contributed by atoms with Crippen LogP contribution in [-0.2, 0) is 13.0 Å². The van der Waals surface area contributed by atoms with Crippen LogP contribution in [0.3, 0.4) is 0 Å². The molecule has 0 saturated carbocycles. The van der Waals surface area contributed by atoms with Crippen molar-refractivity contribution in [1.29, 1.82) is 0 Å². The largest absolute Gasteiger partial charge is 0.304 e. The van der Waals surface area contributed by atoms with Crippen LogP contribution in [0.15, 0.2) is 67.3 Å². The summed E-state index contributed by atoms with van der Waals surface area (Å²) in [5.74, 6) is 6.28. The SMILES string of the molecule is CN1CCN(Cc2ccc(CC(=O)c3cccc(C#Cc4cnc5cncnn45)c3)cc2)CC1. The second-order valence-electron chi connectivity index (χ2n) is 8.65. The van der Waals surface area contributed by atoms with Gasteiger partial charge < -0.3 is 4.90 Å². The molecule has 4 aromatic rings. The van der Waals surface area contributed by atoms with Crippen molar-refractivity contribution in [3.63, 3.8) is 0 Å². The number of carbonyl (C=O) groups is 1. The molecule has 0 amide bonds. The fourth-order valence-corrected chi connectivity index (χ4v) is 4.06. The third-order valence-electron chi connectivity index (χ3n) is 6.10. The van der Waals surface area contributed by atoms with Crippen LogP contribution in [0.2, 0.25) is 0 Å². The zero-order valence-electron chi connectivity index (χ0n) is 19.2. The van der Waals surface area contributed by atoms with Crippen molar-refractivity contribution in [2.75, 3.05) is 33.2 Å². The number of piperazine rings is 1. The van der Waals surface area contributed by atoms with Gasteiger partial charge in [0.05, 0.1) is 12.4 Å². The summed E-state index contributed by atoms with van der Waals surface area (Å²) in [5.41, 5.74) is 5.06. The van der Waals surface area contributed by atoms with Crippen molar-refractivity contribution in [2.45, 2.75) is 13.0 Å². The Kier molecular flexibility index (Phi) is 6.43. The number of Topliss-reactive ketones (excluding diaryl/α,β-unsaturated/α-hetero) is 1. The van der Waals surface area contributed by atoms with E-state index in [-0.39, 0.29) is 5.78 Å². The number of ketones is 1. The molecule has 3 heterocycles. The smallest absolute Gasteiger partial charge is 0.173 e. The van der Waals surface area contributed by atoms with Gasteiger partial charge in [-0.25, -0.2) is 14.5 Å². The van der Waals surface area contributed by atoms with Gasteiger partial charge in [0.2, 0.25) is 0 Å². The quantitative estimate of drug-likeness (QED) is 0.344. The molecule has 1 saturated heterocycles. The minimum atomic E-state index is 0.0815. The Balaban J connectivity index is 1.23. The summed E-state index contributed by atoms with van der Waals surface area (Å²) in [4.78, 5) is 26.0. The number of benzene rings is 2. The third kappa shape index (κ3) is 5.20. The summed E-state index contributed by atoms with van der Waals surface area (Å²) in [6, 6.07) is 15.9. The first kappa shape index (κ1) is 22.0. The Bertz CT molecular complexity index is 1360. The van der Waals surface area contributed by atoms with Crippen LogP contribution in [0.4, 0.5) is 0 Å². The van der Waals surface area contributed by atoms with Gasteiger partial charge in [-0.1, -0.05) is 42.3 Å². The Hall–Kier alpha value is -3.86. The van der Waals surface area contributed by atoms with E-state index in [1.54, 1.807) is 16.9 Å². The van der Waals surface area contributed by atoms with Gasteiger partial charge in [-0.2, -0.15) is 5.10 Å². The van der Waals surface area contributed by atoms with Crippen molar-refractivity contribution in [3.05, 3.63) is 95.2 Å². The molecule has 7 heteroatoms. The van der Waals surface area contributed by atoms with Crippen LogP contribution in [0, 0.1) is 11.8 Å². The van der Waals surface area contributed by atoms with Gasteiger partial charge in [-0.05, 0) is 36.2 Å². The number of aromatic nitrogens is 4. The highest BCUT2D eigenvalue weighted by molar-refractivity contribution is 5.97. The van der Waals surface area contributed by atoms with Gasteiger partial charge in [0.25, 0.3) is 0 Å². The highest BCUT2D eigenvalue weighted by Crippen LogP contribution is 2.13. The Labute approximate surface area is 199 Å². The van der Waals surface area contributed by atoms with Crippen LogP contribution in [0.1, 0.15) is 32.7 Å². The Morgan fingerprint density at radius 2 is 1.76 bits per heavy atom. The van der Waals surface area contributed by atoms with Crippen molar-refractivity contribution in [3.8, 4) is 11.8 Å². The minimum absolute atomic E-state index is 0.0815. The summed E-state index contributed by atoms with van der Waals surface area (Å²) in [5, 5.41) is 4.17. The van der Waals surface area contributed by atoms with E-state index in [1.165, 1.54) is 11.9 Å². The molecule has 7 nitrogen and oxygen atoms in total. The summed E-state index contributed by atoms with van der Waals surface area (Å²) < 4.78 is 1.64. The fraction of sp³-hybridized carbons (Fsp3) is 0.259. The molecule has 2 aromatic carbocycles. The standard InChI is InChI=1S/C27H26N6O/c1-31-11-13-32(14-12-31)19-23-7-5-22(6-8-23)16-26(34)24-4-2-3-21(15-24)9-10-25-17-29-27-18-28-20-30-33(25)27/h2-8,15,17-18,20H,11-14,16,19H2,1H3. The van der Waals surface area contributed by atoms with E-state index in [1.807, 2.05) is 24.3 Å². The molecule has 2 aromatic heterocycles. The second kappa shape index (κ2) is 9.96. The molecule has 170 valence electrons. The lowest BCUT2D eigenvalue weighted by Gasteiger charge is -2.32. The number of imidazole rings is 1. The maximum absolute atomic E-state index is 12.9. The average Bonchev–Trinajstić information content (AvgIpc) is 3.29. The van der Waals surface area contributed by atoms with Gasteiger partial charge in [0, 0.05) is 50.3 Å². The monoisotopic (exact) mass is 450 g/mol. The predicted molar refractivity (Wildman–Crippen MR) is 130 cm³/mol. The molecule has 1 fully saturated rings. The first-order valence-corrected chi connectivity index (χ1v) is 11.4. The summed E-state index contributed by atoms with van der Waals surface area (Å²) in [6.07, 6.45) is 5.13. The maximum Gasteiger partial charge on any atom is 0.173 e. The molecule has 34 heavy (non-hydrogen) atoms. The second-order valence-corrected chi connectivity index (χ2v) is 8.65. The summed E-state index contributed by atoms with van der Waals surface area (Å²) in [7, 11) is 2.17. The van der Waals surface area contributed by atoms with E-state index >= 15 is 0 Å². The lowest BCUT2D eigenvalue weighted by molar-refractivity contribution is 0.0993. The summed E-state index contributed by atoms with van der Waals surface area (Å²) in [6.45, 7) is 5.39. The van der Waals surface area contributed by atoms with E-state index in [4.69, 9.17) is 0 Å². The van der Waals surface area contributed by atoms with E-state index in [0.717, 1.165) is 43.9 Å². The van der Waals surface area contributed by atoms with Crippen molar-refractivity contribution in [2.24, 2.45) is 0 Å². The molecule has 1 aliphatic rings. The molecule has 0 atom stereocenters. The van der Waals surface area contributed by atoms with Gasteiger partial charge in [-0.15, -0.1) is 0 Å². The van der Waals surface area contributed by atoms with Crippen molar-refractivity contribution in [1.82, 2.24) is 29.4 Å². The van der Waals surface area contributed by atoms with E-state index in [0.29, 0.717) is 23.3 Å². The van der Waals surface area contributed by atoms with E-state index in [9.17, 15) is 4.79 Å². The van der Waals surface area contributed by atoms with Crippen LogP contribution in [-0.4, -0.2) is 68.4 Å². The Morgan fingerprint density at radius 1 is 0.971 bits per heavy atom. The molecule has 0 bridgehead atoms. The topological polar surface area (TPSA) is 66.6 Å². The van der Waals surface area contributed by atoms with E-state index in [2.05, 4.69) is 68.0 Å². The number of fused-ring (bicyclic) bond motifs is 1. The molecule has 5 rings (SSSR count). The summed E-state index contributed by atoms with van der Waals surface area (Å²) >= 11 is 0. The number of likely N-dealkylation sites (N-methyl/N-ethyl adjacent to an activating group) is 1. The van der Waals surface area contributed by atoms with Gasteiger partial charge in [-0.3, -0.25) is 9.69 Å². The number of carbonyl (C=O) groups excluding carboxylic acids is 1. The van der Waals surface area contributed by atoms with Gasteiger partial charge in [0.1, 0.15) is 12.0 Å². The molecule has 1 aliphatic heterocycles. The number of hydrogen-bond acceptors (Lipinski definition) is 6. The molecule has 0 aliphatic carbocycles. The van der Waals surface area contributed by atoms with Crippen LogP contribution in [0.25, 0.3) is 5.65 Å². The first-order valence-electron chi connectivity index (χ1n) is 11.4. The number of nitrogens with zero attached hydrogens (tertiary/aromatic N) is 6. The van der Waals surface area contributed by atoms with Crippen LogP contribution < -0.4 is 0 Å². The average molecular weight is 451 g/mol. The lowest BCUT2D eigenvalue weighted by Crippen LogP contribution is -2.43. The Morgan fingerprint density at radius 3 is 2.59 bits per heavy atom. The molecule has 0 N–H and O–H groups in total. The van der Waals surface area contributed by atoms with Crippen LogP contribution >= 0.6 is 0 Å². The molecular formula is C27H26N6O. The normalized spacial score (nSPS) is 14.6. The zero-order chi connectivity index (χ0) is 23.3.